The van der Waals surface area contributed by atoms with Crippen LogP contribution in [0.2, 0.25) is 0 Å². The van der Waals surface area contributed by atoms with Crippen LogP contribution in [0.4, 0.5) is 0 Å². The first-order chi connectivity index (χ1) is 24.0. The molecule has 49 heavy (non-hydrogen) atoms. The maximum absolute atomic E-state index is 12.6. The van der Waals surface area contributed by atoms with Gasteiger partial charge >= 0.3 is 17.9 Å². The van der Waals surface area contributed by atoms with Crippen LogP contribution in [0.3, 0.4) is 0 Å². The lowest BCUT2D eigenvalue weighted by Gasteiger charge is -2.18. The van der Waals surface area contributed by atoms with Gasteiger partial charge in [-0.2, -0.15) is 0 Å². The summed E-state index contributed by atoms with van der Waals surface area (Å²) >= 11 is 0. The molecule has 0 aliphatic heterocycles. The van der Waals surface area contributed by atoms with E-state index in [0.717, 1.165) is 57.8 Å². The monoisotopic (exact) mass is 695 g/mol. The molecule has 0 aliphatic carbocycles. The number of unbranched alkanes of at least 4 members (excludes halogenated alkanes) is 28. The van der Waals surface area contributed by atoms with Gasteiger partial charge in [0, 0.05) is 19.3 Å². The van der Waals surface area contributed by atoms with Crippen LogP contribution < -0.4 is 0 Å². The summed E-state index contributed by atoms with van der Waals surface area (Å²) in [6.45, 7) is 6.60. The Labute approximate surface area is 304 Å². The third kappa shape index (κ3) is 37.5. The number of hydrogen-bond donors (Lipinski definition) is 0. The highest BCUT2D eigenvalue weighted by molar-refractivity contribution is 5.71. The first-order valence-electron chi connectivity index (χ1n) is 21.5. The van der Waals surface area contributed by atoms with E-state index in [0.29, 0.717) is 19.3 Å². The fourth-order valence-corrected chi connectivity index (χ4v) is 6.32. The quantitative estimate of drug-likeness (QED) is 0.0362. The lowest BCUT2D eigenvalue weighted by Crippen LogP contribution is -2.30. The highest BCUT2D eigenvalue weighted by Crippen LogP contribution is 2.15. The number of carbonyl (C=O) groups excluding carboxylic acids is 3. The molecule has 290 valence electrons. The third-order valence-electron chi connectivity index (χ3n) is 9.61. The maximum atomic E-state index is 12.6. The molecular formula is C43H82O6. The molecule has 0 aromatic heterocycles. The molecule has 6 heteroatoms. The minimum Gasteiger partial charge on any atom is -0.462 e. The van der Waals surface area contributed by atoms with Gasteiger partial charge in [-0.05, 0) is 19.3 Å². The van der Waals surface area contributed by atoms with Crippen LogP contribution in [0.5, 0.6) is 0 Å². The Kier molecular flexibility index (Phi) is 37.9. The zero-order valence-electron chi connectivity index (χ0n) is 33.0. The molecule has 0 saturated carbocycles. The summed E-state index contributed by atoms with van der Waals surface area (Å²) in [5.41, 5.74) is 0. The highest BCUT2D eigenvalue weighted by Gasteiger charge is 2.19. The first-order valence-corrected chi connectivity index (χ1v) is 21.5. The normalized spacial score (nSPS) is 11.8. The van der Waals surface area contributed by atoms with Gasteiger partial charge in [-0.15, -0.1) is 0 Å². The van der Waals surface area contributed by atoms with Crippen molar-refractivity contribution in [2.24, 2.45) is 0 Å². The molecule has 0 aromatic rings. The van der Waals surface area contributed by atoms with Crippen LogP contribution in [0.15, 0.2) is 0 Å². The number of carbonyl (C=O) groups is 3. The van der Waals surface area contributed by atoms with Gasteiger partial charge in [0.15, 0.2) is 6.10 Å². The summed E-state index contributed by atoms with van der Waals surface area (Å²) in [5, 5.41) is 0. The van der Waals surface area contributed by atoms with E-state index in [4.69, 9.17) is 14.2 Å². The molecule has 6 nitrogen and oxygen atoms in total. The fourth-order valence-electron chi connectivity index (χ4n) is 6.32. The van der Waals surface area contributed by atoms with Gasteiger partial charge in [-0.25, -0.2) is 0 Å². The van der Waals surface area contributed by atoms with Crippen molar-refractivity contribution in [3.05, 3.63) is 0 Å². The van der Waals surface area contributed by atoms with E-state index >= 15 is 0 Å². The molecule has 0 N–H and O–H groups in total. The van der Waals surface area contributed by atoms with Crippen molar-refractivity contribution in [1.29, 1.82) is 0 Å². The standard InChI is InChI=1S/C43H82O6/c1-4-7-10-13-16-19-20-21-22-23-25-27-30-33-36-42(45)48-39-40(38-47-41(44)35-32-29-26-18-15-12-9-6-3)49-43(46)37-34-31-28-24-17-14-11-8-5-2/h40H,4-39H2,1-3H3. The van der Waals surface area contributed by atoms with Crippen molar-refractivity contribution in [3.63, 3.8) is 0 Å². The zero-order valence-corrected chi connectivity index (χ0v) is 33.0. The third-order valence-corrected chi connectivity index (χ3v) is 9.61. The SMILES string of the molecule is CCCCCCCCCCCCCCCCC(=O)OCC(COC(=O)CCCCCCCCCC)OC(=O)CCCCCCCCCCC. The molecule has 0 aliphatic rings. The minimum absolute atomic E-state index is 0.0635. The van der Waals surface area contributed by atoms with E-state index in [1.54, 1.807) is 0 Å². The minimum atomic E-state index is -0.756. The van der Waals surface area contributed by atoms with Gasteiger partial charge in [-0.1, -0.05) is 201 Å². The number of rotatable bonds is 39. The topological polar surface area (TPSA) is 78.9 Å². The molecule has 0 fully saturated rings. The number of ether oxygens (including phenoxy) is 3. The molecular weight excluding hydrogens is 612 g/mol. The van der Waals surface area contributed by atoms with Gasteiger partial charge in [-0.3, -0.25) is 14.4 Å². The summed E-state index contributed by atoms with van der Waals surface area (Å²) in [6.07, 6.45) is 38.0. The molecule has 1 unspecified atom stereocenters. The van der Waals surface area contributed by atoms with Crippen molar-refractivity contribution >= 4 is 17.9 Å². The van der Waals surface area contributed by atoms with Gasteiger partial charge in [0.1, 0.15) is 13.2 Å². The summed E-state index contributed by atoms with van der Waals surface area (Å²) in [4.78, 5) is 37.5. The Balaban J connectivity index is 4.26. The van der Waals surface area contributed by atoms with Crippen LogP contribution in [0.25, 0.3) is 0 Å². The van der Waals surface area contributed by atoms with E-state index < -0.39 is 6.10 Å². The number of esters is 3. The Hall–Kier alpha value is -1.59. The largest absolute Gasteiger partial charge is 0.462 e. The average molecular weight is 695 g/mol. The van der Waals surface area contributed by atoms with Crippen LogP contribution in [0.1, 0.15) is 239 Å². The van der Waals surface area contributed by atoms with Crippen molar-refractivity contribution in [2.75, 3.05) is 13.2 Å². The lowest BCUT2D eigenvalue weighted by molar-refractivity contribution is -0.167. The Morgan fingerprint density at radius 3 is 0.816 bits per heavy atom. The lowest BCUT2D eigenvalue weighted by atomic mass is 10.0. The molecule has 0 radical (unpaired) electrons. The predicted molar refractivity (Wildman–Crippen MR) is 206 cm³/mol. The van der Waals surface area contributed by atoms with E-state index in [-0.39, 0.29) is 31.1 Å². The van der Waals surface area contributed by atoms with E-state index in [2.05, 4.69) is 20.8 Å². The second-order valence-electron chi connectivity index (χ2n) is 14.6. The summed E-state index contributed by atoms with van der Waals surface area (Å²) in [7, 11) is 0. The summed E-state index contributed by atoms with van der Waals surface area (Å²) in [6, 6.07) is 0. The maximum Gasteiger partial charge on any atom is 0.306 e. The molecule has 0 saturated heterocycles. The van der Waals surface area contributed by atoms with Crippen molar-refractivity contribution in [1.82, 2.24) is 0 Å². The Bertz CT molecular complexity index is 723. The Morgan fingerprint density at radius 2 is 0.551 bits per heavy atom. The van der Waals surface area contributed by atoms with Crippen molar-refractivity contribution in [3.8, 4) is 0 Å². The fraction of sp³-hybridized carbons (Fsp3) is 0.930. The second-order valence-corrected chi connectivity index (χ2v) is 14.6. The van der Waals surface area contributed by atoms with Crippen molar-refractivity contribution in [2.45, 2.75) is 245 Å². The predicted octanol–water partition coefficient (Wildman–Crippen LogP) is 13.3. The van der Waals surface area contributed by atoms with Crippen LogP contribution in [-0.4, -0.2) is 37.2 Å². The van der Waals surface area contributed by atoms with E-state index in [9.17, 15) is 14.4 Å². The smallest absolute Gasteiger partial charge is 0.306 e. The van der Waals surface area contributed by atoms with Gasteiger partial charge in [0.2, 0.25) is 0 Å². The van der Waals surface area contributed by atoms with Gasteiger partial charge in [0.25, 0.3) is 0 Å². The Morgan fingerprint density at radius 1 is 0.327 bits per heavy atom. The molecule has 0 amide bonds. The van der Waals surface area contributed by atoms with Crippen molar-refractivity contribution < 1.29 is 28.6 Å². The summed E-state index contributed by atoms with van der Waals surface area (Å²) in [5.74, 6) is -0.862. The average Bonchev–Trinajstić information content (AvgIpc) is 3.10. The van der Waals surface area contributed by atoms with E-state index in [1.165, 1.54) is 141 Å². The van der Waals surface area contributed by atoms with E-state index in [1.807, 2.05) is 0 Å². The highest BCUT2D eigenvalue weighted by atomic mass is 16.6. The summed E-state index contributed by atoms with van der Waals surface area (Å²) < 4.78 is 16.6. The molecule has 0 rings (SSSR count). The second kappa shape index (κ2) is 39.2. The van der Waals surface area contributed by atoms with Crippen LogP contribution in [0, 0.1) is 0 Å². The molecule has 0 heterocycles. The molecule has 0 aromatic carbocycles. The zero-order chi connectivity index (χ0) is 35.9. The van der Waals surface area contributed by atoms with Gasteiger partial charge < -0.3 is 14.2 Å². The van der Waals surface area contributed by atoms with Crippen LogP contribution >= 0.6 is 0 Å². The number of hydrogen-bond acceptors (Lipinski definition) is 6. The van der Waals surface area contributed by atoms with Crippen LogP contribution in [-0.2, 0) is 28.6 Å². The molecule has 0 spiro atoms. The van der Waals surface area contributed by atoms with Gasteiger partial charge in [0.05, 0.1) is 0 Å². The molecule has 0 bridgehead atoms. The molecule has 1 atom stereocenters. The first kappa shape index (κ1) is 47.4.